The molecule has 0 atom stereocenters. The van der Waals surface area contributed by atoms with Crippen molar-refractivity contribution in [3.8, 4) is 0 Å². The number of carbonyl (C=O) groups is 1. The summed E-state index contributed by atoms with van der Waals surface area (Å²) in [7, 11) is -1.22. The average molecular weight is 371 g/mol. The van der Waals surface area contributed by atoms with E-state index in [4.69, 9.17) is 0 Å². The molecular weight excluding hydrogens is 345 g/mol. The van der Waals surface area contributed by atoms with Gasteiger partial charge in [0.1, 0.15) is 0 Å². The van der Waals surface area contributed by atoms with Gasteiger partial charge in [-0.1, -0.05) is 6.07 Å². The summed E-state index contributed by atoms with van der Waals surface area (Å²) in [5.41, 5.74) is -0.468. The van der Waals surface area contributed by atoms with E-state index in [2.05, 4.69) is 0 Å². The summed E-state index contributed by atoms with van der Waals surface area (Å²) < 4.78 is 42.1. The summed E-state index contributed by atoms with van der Waals surface area (Å²) in [6, 6.07) is 4.68. The molecule has 23 heavy (non-hydrogen) atoms. The van der Waals surface area contributed by atoms with E-state index in [0.29, 0.717) is 0 Å². The largest absolute Gasteiger partial charge is 0.416 e. The Balaban J connectivity index is 3.38. The first-order chi connectivity index (χ1) is 10.2. The van der Waals surface area contributed by atoms with Crippen LogP contribution in [0.1, 0.15) is 5.56 Å². The first-order valence-corrected chi connectivity index (χ1v) is 12.4. The minimum absolute atomic E-state index is 0.269. The number of amides is 2. The van der Waals surface area contributed by atoms with Crippen molar-refractivity contribution in [2.45, 2.75) is 6.18 Å². The van der Waals surface area contributed by atoms with Gasteiger partial charge in [-0.3, -0.25) is 8.61 Å². The van der Waals surface area contributed by atoms with Gasteiger partial charge >= 0.3 is 12.2 Å². The highest BCUT2D eigenvalue weighted by atomic mass is 32.3. The maximum Gasteiger partial charge on any atom is 0.416 e. The summed E-state index contributed by atoms with van der Waals surface area (Å²) in [5.74, 6) is 0. The van der Waals surface area contributed by atoms with Crippen LogP contribution in [0.4, 0.5) is 23.7 Å². The van der Waals surface area contributed by atoms with Crippen LogP contribution in [0.5, 0.6) is 0 Å². The lowest BCUT2D eigenvalue weighted by Gasteiger charge is -2.46. The first kappa shape index (κ1) is 20.0. The summed E-state index contributed by atoms with van der Waals surface area (Å²) in [5, 5.41) is 0. The Morgan fingerprint density at radius 1 is 1.00 bits per heavy atom. The summed E-state index contributed by atoms with van der Waals surface area (Å²) in [6.45, 7) is 0. The summed E-state index contributed by atoms with van der Waals surface area (Å²) in [6.07, 6.45) is 7.12. The van der Waals surface area contributed by atoms with Crippen LogP contribution in [0.2, 0.25) is 0 Å². The van der Waals surface area contributed by atoms with E-state index >= 15 is 0 Å². The highest BCUT2D eigenvalue weighted by Gasteiger charge is 2.34. The molecule has 8 heteroatoms. The summed E-state index contributed by atoms with van der Waals surface area (Å²) in [4.78, 5) is 12.9. The maximum absolute atomic E-state index is 13.0. The van der Waals surface area contributed by atoms with Gasteiger partial charge in [-0.25, -0.2) is 4.79 Å². The van der Waals surface area contributed by atoms with Crippen LogP contribution >= 0.6 is 20.4 Å². The quantitative estimate of drug-likeness (QED) is 0.751. The number of hydrogen-bond donors (Lipinski definition) is 0. The van der Waals surface area contributed by atoms with Gasteiger partial charge in [-0.2, -0.15) is 33.6 Å². The van der Waals surface area contributed by atoms with Crippen molar-refractivity contribution in [3.63, 3.8) is 0 Å². The van der Waals surface area contributed by atoms with Crippen molar-refractivity contribution in [2.24, 2.45) is 0 Å². The molecule has 1 rings (SSSR count). The molecule has 0 fully saturated rings. The van der Waals surface area contributed by atoms with Gasteiger partial charge in [0.05, 0.1) is 11.3 Å². The van der Waals surface area contributed by atoms with E-state index in [1.807, 2.05) is 37.5 Å². The topological polar surface area (TPSA) is 23.6 Å². The molecule has 1 aromatic rings. The minimum Gasteiger partial charge on any atom is -0.290 e. The van der Waals surface area contributed by atoms with Gasteiger partial charge < -0.3 is 0 Å². The lowest BCUT2D eigenvalue weighted by molar-refractivity contribution is -0.137. The van der Waals surface area contributed by atoms with Crippen LogP contribution in [-0.2, 0) is 6.18 Å². The molecule has 0 saturated heterocycles. The Labute approximate surface area is 139 Å². The third kappa shape index (κ3) is 4.97. The lowest BCUT2D eigenvalue weighted by atomic mass is 10.2. The van der Waals surface area contributed by atoms with E-state index < -0.39 is 32.2 Å². The fraction of sp³-hybridized carbons (Fsp3) is 0.533. The Bertz CT molecular complexity index is 577. The van der Waals surface area contributed by atoms with Gasteiger partial charge in [-0.05, 0) is 55.7 Å². The van der Waals surface area contributed by atoms with E-state index in [-0.39, 0.29) is 11.7 Å². The first-order valence-electron chi connectivity index (χ1n) is 6.78. The zero-order valence-electron chi connectivity index (χ0n) is 14.6. The van der Waals surface area contributed by atoms with Crippen LogP contribution in [0.3, 0.4) is 0 Å². The predicted molar refractivity (Wildman–Crippen MR) is 97.8 cm³/mol. The number of hydrogen-bond acceptors (Lipinski definition) is 1. The van der Waals surface area contributed by atoms with Crippen molar-refractivity contribution in [1.29, 1.82) is 0 Å². The number of carbonyl (C=O) groups excluding carboxylic acids is 1. The third-order valence-corrected chi connectivity index (χ3v) is 6.48. The van der Waals surface area contributed by atoms with Crippen molar-refractivity contribution in [3.05, 3.63) is 29.8 Å². The van der Waals surface area contributed by atoms with Gasteiger partial charge in [0.25, 0.3) is 0 Å². The smallest absolute Gasteiger partial charge is 0.290 e. The second-order valence-electron chi connectivity index (χ2n) is 6.67. The standard InChI is InChI=1S/C15H25F3N2OS2/c1-19(22(2,3)4)14(21)20(23(5,6)7)13-10-8-9-12(11-13)15(16,17)18/h8-11H,1-7H3. The lowest BCUT2D eigenvalue weighted by Crippen LogP contribution is -2.42. The second kappa shape index (κ2) is 6.47. The highest BCUT2D eigenvalue weighted by molar-refractivity contribution is 8.34. The number of halogens is 3. The SMILES string of the molecule is CN(C(=O)N(c1cccc(C(F)(F)F)c1)S(C)(C)C)S(C)(C)C. The Hall–Kier alpha value is -1.02. The number of benzene rings is 1. The molecule has 0 N–H and O–H groups in total. The summed E-state index contributed by atoms with van der Waals surface area (Å²) >= 11 is 0. The monoisotopic (exact) mass is 370 g/mol. The molecular formula is C15H25F3N2OS2. The zero-order chi connectivity index (χ0) is 18.2. The molecule has 0 bridgehead atoms. The predicted octanol–water partition coefficient (Wildman–Crippen LogP) is 4.78. The number of rotatable bonds is 3. The van der Waals surface area contributed by atoms with E-state index in [1.54, 1.807) is 17.4 Å². The highest BCUT2D eigenvalue weighted by Crippen LogP contribution is 2.48. The number of urea groups is 1. The molecule has 0 unspecified atom stereocenters. The Kier molecular flexibility index (Phi) is 5.63. The van der Waals surface area contributed by atoms with E-state index in [1.165, 1.54) is 10.4 Å². The van der Waals surface area contributed by atoms with Gasteiger partial charge in [0.15, 0.2) is 0 Å². The number of alkyl halides is 3. The van der Waals surface area contributed by atoms with Crippen LogP contribution in [0.25, 0.3) is 0 Å². The fourth-order valence-corrected chi connectivity index (χ4v) is 3.77. The minimum atomic E-state index is -4.43. The molecule has 0 aliphatic heterocycles. The molecule has 0 aliphatic carbocycles. The molecule has 134 valence electrons. The van der Waals surface area contributed by atoms with E-state index in [9.17, 15) is 18.0 Å². The third-order valence-electron chi connectivity index (χ3n) is 3.22. The molecule has 0 heterocycles. The van der Waals surface area contributed by atoms with Crippen LogP contribution in [0.15, 0.2) is 24.3 Å². The number of anilines is 1. The molecule has 0 aromatic heterocycles. The number of nitrogens with zero attached hydrogens (tertiary/aromatic N) is 2. The fourth-order valence-electron chi connectivity index (χ4n) is 1.83. The van der Waals surface area contributed by atoms with Gasteiger partial charge in [0.2, 0.25) is 0 Å². The van der Waals surface area contributed by atoms with Gasteiger partial charge in [-0.15, -0.1) is 0 Å². The van der Waals surface area contributed by atoms with Crippen molar-refractivity contribution in [1.82, 2.24) is 4.31 Å². The van der Waals surface area contributed by atoms with Crippen molar-refractivity contribution < 1.29 is 18.0 Å². The molecule has 3 nitrogen and oxygen atoms in total. The van der Waals surface area contributed by atoms with Gasteiger partial charge in [0, 0.05) is 7.05 Å². The maximum atomic E-state index is 13.0. The average Bonchev–Trinajstić information content (AvgIpc) is 2.34. The molecule has 0 saturated carbocycles. The Morgan fingerprint density at radius 3 is 1.91 bits per heavy atom. The Morgan fingerprint density at radius 2 is 1.52 bits per heavy atom. The van der Waals surface area contributed by atoms with Crippen molar-refractivity contribution in [2.75, 3.05) is 48.9 Å². The normalized spacial score (nSPS) is 14.3. The molecule has 0 spiro atoms. The van der Waals surface area contributed by atoms with Crippen LogP contribution < -0.4 is 4.31 Å². The van der Waals surface area contributed by atoms with Crippen molar-refractivity contribution >= 4 is 32.1 Å². The van der Waals surface area contributed by atoms with E-state index in [0.717, 1.165) is 12.1 Å². The van der Waals surface area contributed by atoms with Crippen LogP contribution in [-0.4, -0.2) is 54.9 Å². The molecule has 0 aliphatic rings. The van der Waals surface area contributed by atoms with Crippen LogP contribution in [0, 0.1) is 0 Å². The molecule has 2 amide bonds. The second-order valence-corrected chi connectivity index (χ2v) is 14.7. The molecule has 0 radical (unpaired) electrons. The zero-order valence-corrected chi connectivity index (χ0v) is 16.2. The molecule has 1 aromatic carbocycles.